The van der Waals surface area contributed by atoms with Crippen molar-refractivity contribution in [2.45, 2.75) is 6.42 Å². The minimum Gasteiger partial charge on any atom is -0.297 e. The summed E-state index contributed by atoms with van der Waals surface area (Å²) in [5.74, 6) is -0.426. The quantitative estimate of drug-likeness (QED) is 0.894. The molecule has 0 bridgehead atoms. The number of anilines is 1. The van der Waals surface area contributed by atoms with Crippen molar-refractivity contribution in [2.75, 3.05) is 12.4 Å². The smallest absolute Gasteiger partial charge is 0.275 e. The minimum atomic E-state index is -0.332. The van der Waals surface area contributed by atoms with Crippen LogP contribution >= 0.6 is 11.3 Å². The summed E-state index contributed by atoms with van der Waals surface area (Å²) in [4.78, 5) is 32.0. The van der Waals surface area contributed by atoms with Crippen LogP contribution in [0.1, 0.15) is 6.42 Å². The van der Waals surface area contributed by atoms with Crippen LogP contribution in [0.25, 0.3) is 11.4 Å². The second kappa shape index (κ2) is 5.94. The van der Waals surface area contributed by atoms with E-state index in [0.717, 1.165) is 5.69 Å². The van der Waals surface area contributed by atoms with Gasteiger partial charge in [0.1, 0.15) is 11.4 Å². The molecule has 2 aromatic rings. The Morgan fingerprint density at radius 2 is 2.27 bits per heavy atom. The van der Waals surface area contributed by atoms with Crippen LogP contribution in [0, 0.1) is 0 Å². The van der Waals surface area contributed by atoms with Gasteiger partial charge >= 0.3 is 0 Å². The summed E-state index contributed by atoms with van der Waals surface area (Å²) < 4.78 is 0. The van der Waals surface area contributed by atoms with E-state index in [1.54, 1.807) is 19.3 Å². The lowest BCUT2D eigenvalue weighted by Crippen LogP contribution is -2.44. The molecule has 8 heteroatoms. The second-order valence-electron chi connectivity index (χ2n) is 4.59. The van der Waals surface area contributed by atoms with Crippen molar-refractivity contribution >= 4 is 28.3 Å². The highest BCUT2D eigenvalue weighted by molar-refractivity contribution is 7.14. The first-order chi connectivity index (χ1) is 10.6. The Morgan fingerprint density at radius 3 is 3.00 bits per heavy atom. The van der Waals surface area contributed by atoms with Gasteiger partial charge in [0.2, 0.25) is 5.91 Å². The molecule has 1 aliphatic rings. The molecule has 0 fully saturated rings. The summed E-state index contributed by atoms with van der Waals surface area (Å²) in [6.45, 7) is 0. The monoisotopic (exact) mass is 315 g/mol. The van der Waals surface area contributed by atoms with E-state index in [0.29, 0.717) is 16.5 Å². The van der Waals surface area contributed by atoms with Gasteiger partial charge in [-0.05, 0) is 18.2 Å². The van der Waals surface area contributed by atoms with Gasteiger partial charge in [-0.1, -0.05) is 6.07 Å². The maximum atomic E-state index is 12.1. The summed E-state index contributed by atoms with van der Waals surface area (Å²) >= 11 is 1.32. The predicted octanol–water partition coefficient (Wildman–Crippen LogP) is 1.39. The molecule has 0 atom stereocenters. The molecule has 0 saturated heterocycles. The molecule has 22 heavy (non-hydrogen) atoms. The summed E-state index contributed by atoms with van der Waals surface area (Å²) in [6, 6.07) is 5.56. The number of hydrogen-bond acceptors (Lipinski definition) is 6. The molecule has 2 aromatic heterocycles. The van der Waals surface area contributed by atoms with Crippen molar-refractivity contribution in [3.05, 3.63) is 41.5 Å². The van der Waals surface area contributed by atoms with Crippen molar-refractivity contribution in [3.63, 3.8) is 0 Å². The molecule has 0 aliphatic carbocycles. The molecule has 3 heterocycles. The number of hydrazine groups is 1. The average Bonchev–Trinajstić information content (AvgIpc) is 2.99. The molecule has 0 spiro atoms. The molecule has 0 radical (unpaired) electrons. The highest BCUT2D eigenvalue weighted by Gasteiger charge is 2.20. The molecule has 0 saturated carbocycles. The van der Waals surface area contributed by atoms with E-state index in [9.17, 15) is 9.59 Å². The van der Waals surface area contributed by atoms with Crippen molar-refractivity contribution in [1.29, 1.82) is 0 Å². The summed E-state index contributed by atoms with van der Waals surface area (Å²) in [5, 5.41) is 6.31. The Morgan fingerprint density at radius 1 is 1.41 bits per heavy atom. The zero-order valence-corrected chi connectivity index (χ0v) is 12.6. The van der Waals surface area contributed by atoms with Crippen LogP contribution in [0.5, 0.6) is 0 Å². The van der Waals surface area contributed by atoms with E-state index in [-0.39, 0.29) is 18.2 Å². The number of hydrogen-bond donors (Lipinski definition) is 2. The zero-order chi connectivity index (χ0) is 15.5. The zero-order valence-electron chi connectivity index (χ0n) is 11.7. The number of thiazole rings is 1. The largest absolute Gasteiger partial charge is 0.297 e. The third kappa shape index (κ3) is 2.96. The van der Waals surface area contributed by atoms with Gasteiger partial charge in [0.05, 0.1) is 5.69 Å². The molecule has 112 valence electrons. The van der Waals surface area contributed by atoms with Crippen LogP contribution in [-0.4, -0.2) is 33.8 Å². The number of nitrogens with zero attached hydrogens (tertiary/aromatic N) is 3. The van der Waals surface area contributed by atoms with Gasteiger partial charge in [0.15, 0.2) is 5.13 Å². The van der Waals surface area contributed by atoms with Gasteiger partial charge in [0.25, 0.3) is 5.91 Å². The minimum absolute atomic E-state index is 0.0942. The van der Waals surface area contributed by atoms with Crippen molar-refractivity contribution in [3.8, 4) is 11.4 Å². The molecule has 2 N–H and O–H groups in total. The average molecular weight is 315 g/mol. The number of amides is 2. The fraction of sp³-hybridized carbons (Fsp3) is 0.143. The number of aromatic nitrogens is 2. The lowest BCUT2D eigenvalue weighted by atomic mass is 10.2. The topological polar surface area (TPSA) is 87.2 Å². The van der Waals surface area contributed by atoms with Crippen LogP contribution in [0.15, 0.2) is 41.5 Å². The Labute approximate surface area is 130 Å². The van der Waals surface area contributed by atoms with Crippen molar-refractivity contribution in [2.24, 2.45) is 0 Å². The Hall–Kier alpha value is -2.74. The highest BCUT2D eigenvalue weighted by atomic mass is 32.1. The fourth-order valence-corrected chi connectivity index (χ4v) is 2.59. The van der Waals surface area contributed by atoms with E-state index in [4.69, 9.17) is 0 Å². The first-order valence-corrected chi connectivity index (χ1v) is 7.43. The number of rotatable bonds is 3. The van der Waals surface area contributed by atoms with Gasteiger partial charge in [-0.15, -0.1) is 11.3 Å². The van der Waals surface area contributed by atoms with E-state index in [2.05, 4.69) is 20.7 Å². The lowest BCUT2D eigenvalue weighted by Gasteiger charge is -2.24. The molecule has 7 nitrogen and oxygen atoms in total. The van der Waals surface area contributed by atoms with Crippen molar-refractivity contribution < 1.29 is 9.59 Å². The summed E-state index contributed by atoms with van der Waals surface area (Å²) in [7, 11) is 1.57. The Bertz CT molecular complexity index is 741. The van der Waals surface area contributed by atoms with Crippen LogP contribution in [0.4, 0.5) is 5.13 Å². The normalized spacial score (nSPS) is 14.3. The van der Waals surface area contributed by atoms with E-state index in [1.165, 1.54) is 16.3 Å². The summed E-state index contributed by atoms with van der Waals surface area (Å²) in [5.41, 5.74) is 4.51. The highest BCUT2D eigenvalue weighted by Crippen LogP contribution is 2.23. The maximum Gasteiger partial charge on any atom is 0.275 e. The number of pyridine rings is 1. The van der Waals surface area contributed by atoms with Crippen LogP contribution in [0.2, 0.25) is 0 Å². The molecule has 1 aliphatic heterocycles. The second-order valence-corrected chi connectivity index (χ2v) is 5.45. The fourth-order valence-electron chi connectivity index (χ4n) is 1.89. The summed E-state index contributed by atoms with van der Waals surface area (Å²) in [6.07, 6.45) is 3.45. The van der Waals surface area contributed by atoms with Gasteiger partial charge in [-0.25, -0.2) is 4.98 Å². The van der Waals surface area contributed by atoms with Crippen LogP contribution in [0.3, 0.4) is 0 Å². The van der Waals surface area contributed by atoms with Crippen LogP contribution < -0.4 is 10.7 Å². The van der Waals surface area contributed by atoms with E-state index >= 15 is 0 Å². The Kier molecular flexibility index (Phi) is 3.84. The molecule has 0 unspecified atom stereocenters. The van der Waals surface area contributed by atoms with Gasteiger partial charge in [-0.2, -0.15) is 0 Å². The van der Waals surface area contributed by atoms with Gasteiger partial charge in [0, 0.05) is 25.0 Å². The standard InChI is InChI=1S/C14H13N5O2S/c1-19-12(20)6-5-10(18-19)13(21)17-14-16-11(8-22-14)9-4-2-3-7-15-9/h2-5,7-8,18H,6H2,1H3,(H,16,17,21). The third-order valence-electron chi connectivity index (χ3n) is 3.04. The van der Waals surface area contributed by atoms with Gasteiger partial charge in [-0.3, -0.25) is 30.3 Å². The first-order valence-electron chi connectivity index (χ1n) is 6.55. The van der Waals surface area contributed by atoms with E-state index in [1.807, 2.05) is 23.6 Å². The van der Waals surface area contributed by atoms with Gasteiger partial charge < -0.3 is 0 Å². The number of nitrogens with one attached hydrogen (secondary N) is 2. The first kappa shape index (κ1) is 14.2. The SMILES string of the molecule is CN1NC(C(=O)Nc2nc(-c3ccccn3)cs2)=CCC1=O. The maximum absolute atomic E-state index is 12.1. The molecular weight excluding hydrogens is 302 g/mol. The molecular formula is C14H13N5O2S. The molecule has 3 rings (SSSR count). The van der Waals surface area contributed by atoms with Crippen molar-refractivity contribution in [1.82, 2.24) is 20.4 Å². The third-order valence-corrected chi connectivity index (χ3v) is 3.80. The predicted molar refractivity (Wildman–Crippen MR) is 82.6 cm³/mol. The van der Waals surface area contributed by atoms with Crippen LogP contribution in [-0.2, 0) is 9.59 Å². The molecule has 2 amide bonds. The lowest BCUT2D eigenvalue weighted by molar-refractivity contribution is -0.132. The molecule has 0 aromatic carbocycles. The number of carbonyl (C=O) groups excluding carboxylic acids is 2. The van der Waals surface area contributed by atoms with E-state index < -0.39 is 0 Å². The number of carbonyl (C=O) groups is 2. The Balaban J connectivity index is 1.70.